The molecule has 0 bridgehead atoms. The summed E-state index contributed by atoms with van der Waals surface area (Å²) in [6, 6.07) is 8.48. The molecule has 1 heterocycles. The van der Waals surface area contributed by atoms with Gasteiger partial charge in [0, 0.05) is 23.5 Å². The Hall–Kier alpha value is -3.26. The van der Waals surface area contributed by atoms with Crippen molar-refractivity contribution in [2.45, 2.75) is 27.3 Å². The molecule has 0 unspecified atom stereocenters. The highest BCUT2D eigenvalue weighted by Crippen LogP contribution is 2.28. The molecule has 1 aromatic heterocycles. The lowest BCUT2D eigenvalue weighted by Crippen LogP contribution is -2.05. The number of phenolic OH excluding ortho intramolecular Hbond substituents is 1. The minimum Gasteiger partial charge on any atom is -0.504 e. The van der Waals surface area contributed by atoms with Crippen molar-refractivity contribution >= 4 is 11.9 Å². The predicted molar refractivity (Wildman–Crippen MR) is 101 cm³/mol. The summed E-state index contributed by atoms with van der Waals surface area (Å²) in [5, 5.41) is 19.3. The molecular formula is C21H22N2O3. The SMILES string of the molecule is C=CCn1c(C)cc(C(=O)/C(C#N)=C/c2ccc(O)c(OCC)c2)c1C. The van der Waals surface area contributed by atoms with Crippen LogP contribution in [0.2, 0.25) is 0 Å². The number of hydrogen-bond acceptors (Lipinski definition) is 4. The van der Waals surface area contributed by atoms with Crippen LogP contribution in [0.1, 0.15) is 34.2 Å². The van der Waals surface area contributed by atoms with E-state index in [0.29, 0.717) is 30.0 Å². The van der Waals surface area contributed by atoms with E-state index in [4.69, 9.17) is 4.74 Å². The van der Waals surface area contributed by atoms with Crippen molar-refractivity contribution in [3.05, 3.63) is 65.0 Å². The molecule has 134 valence electrons. The Labute approximate surface area is 153 Å². The molecule has 0 atom stereocenters. The number of aromatic hydroxyl groups is 1. The van der Waals surface area contributed by atoms with Crippen LogP contribution in [0.25, 0.3) is 6.08 Å². The molecule has 5 heteroatoms. The second-order valence-electron chi connectivity index (χ2n) is 5.84. The summed E-state index contributed by atoms with van der Waals surface area (Å²) in [4.78, 5) is 12.8. The van der Waals surface area contributed by atoms with Crippen molar-refractivity contribution in [1.29, 1.82) is 5.26 Å². The van der Waals surface area contributed by atoms with E-state index in [2.05, 4.69) is 6.58 Å². The Balaban J connectivity index is 2.43. The number of allylic oxidation sites excluding steroid dienone is 2. The molecule has 0 aliphatic heterocycles. The monoisotopic (exact) mass is 350 g/mol. The highest BCUT2D eigenvalue weighted by molar-refractivity contribution is 6.14. The number of aryl methyl sites for hydroxylation is 1. The zero-order chi connectivity index (χ0) is 19.3. The third-order valence-corrected chi connectivity index (χ3v) is 4.09. The Morgan fingerprint density at radius 3 is 2.73 bits per heavy atom. The molecule has 1 N–H and O–H groups in total. The molecule has 0 saturated carbocycles. The number of Topliss-reactive ketones (excluding diaryl/α,β-unsaturated/α-hetero) is 1. The van der Waals surface area contributed by atoms with Gasteiger partial charge in [0.2, 0.25) is 5.78 Å². The van der Waals surface area contributed by atoms with Crippen molar-refractivity contribution in [2.24, 2.45) is 0 Å². The van der Waals surface area contributed by atoms with Crippen LogP contribution in [0.3, 0.4) is 0 Å². The fourth-order valence-corrected chi connectivity index (χ4v) is 2.79. The summed E-state index contributed by atoms with van der Waals surface area (Å²) in [6.07, 6.45) is 3.27. The van der Waals surface area contributed by atoms with E-state index in [1.165, 1.54) is 12.1 Å². The number of ether oxygens (including phenoxy) is 1. The normalized spacial score (nSPS) is 11.1. The Kier molecular flexibility index (Phi) is 6.03. The third kappa shape index (κ3) is 3.86. The van der Waals surface area contributed by atoms with Gasteiger partial charge in [-0.1, -0.05) is 12.1 Å². The van der Waals surface area contributed by atoms with Gasteiger partial charge < -0.3 is 14.4 Å². The zero-order valence-corrected chi connectivity index (χ0v) is 15.2. The fourth-order valence-electron chi connectivity index (χ4n) is 2.79. The van der Waals surface area contributed by atoms with Crippen molar-refractivity contribution in [2.75, 3.05) is 6.61 Å². The predicted octanol–water partition coefficient (Wildman–Crippen LogP) is 4.19. The quantitative estimate of drug-likeness (QED) is 0.352. The van der Waals surface area contributed by atoms with Crippen LogP contribution in [0.5, 0.6) is 11.5 Å². The standard InChI is InChI=1S/C21H22N2O3/c1-5-9-23-14(3)10-18(15(23)4)21(25)17(13-22)11-16-7-8-19(24)20(12-16)26-6-2/h5,7-8,10-12,24H,1,6,9H2,2-4H3/b17-11+. The maximum Gasteiger partial charge on any atom is 0.205 e. The summed E-state index contributed by atoms with van der Waals surface area (Å²) < 4.78 is 7.32. The number of benzene rings is 1. The number of nitriles is 1. The summed E-state index contributed by atoms with van der Waals surface area (Å²) in [5.74, 6) is -0.00102. The minimum atomic E-state index is -0.332. The number of rotatable bonds is 7. The van der Waals surface area contributed by atoms with Crippen LogP contribution >= 0.6 is 0 Å². The lowest BCUT2D eigenvalue weighted by atomic mass is 10.0. The fraction of sp³-hybridized carbons (Fsp3) is 0.238. The third-order valence-electron chi connectivity index (χ3n) is 4.09. The van der Waals surface area contributed by atoms with Gasteiger partial charge in [-0.3, -0.25) is 4.79 Å². The number of carbonyl (C=O) groups is 1. The molecule has 0 fully saturated rings. The number of aromatic nitrogens is 1. The van der Waals surface area contributed by atoms with Crippen LogP contribution in [0.4, 0.5) is 0 Å². The minimum absolute atomic E-state index is 0.0156. The van der Waals surface area contributed by atoms with Gasteiger partial charge in [0.25, 0.3) is 0 Å². The average molecular weight is 350 g/mol. The topological polar surface area (TPSA) is 75.2 Å². The lowest BCUT2D eigenvalue weighted by Gasteiger charge is -2.07. The van der Waals surface area contributed by atoms with E-state index in [1.54, 1.807) is 24.3 Å². The summed E-state index contributed by atoms with van der Waals surface area (Å²) in [5.41, 5.74) is 2.87. The maximum absolute atomic E-state index is 12.8. The molecule has 2 aromatic rings. The van der Waals surface area contributed by atoms with Crippen LogP contribution in [0, 0.1) is 25.2 Å². The van der Waals surface area contributed by atoms with Crippen LogP contribution < -0.4 is 4.74 Å². The van der Waals surface area contributed by atoms with Gasteiger partial charge in [-0.15, -0.1) is 6.58 Å². The van der Waals surface area contributed by atoms with Crippen molar-refractivity contribution < 1.29 is 14.6 Å². The number of ketones is 1. The maximum atomic E-state index is 12.8. The van der Waals surface area contributed by atoms with E-state index in [-0.39, 0.29) is 17.1 Å². The molecule has 1 aromatic carbocycles. The van der Waals surface area contributed by atoms with Gasteiger partial charge in [0.15, 0.2) is 11.5 Å². The number of carbonyl (C=O) groups excluding carboxylic acids is 1. The first kappa shape index (κ1) is 19.1. The summed E-state index contributed by atoms with van der Waals surface area (Å²) in [6.45, 7) is 10.3. The molecule has 2 rings (SSSR count). The van der Waals surface area contributed by atoms with Gasteiger partial charge >= 0.3 is 0 Å². The van der Waals surface area contributed by atoms with E-state index in [9.17, 15) is 15.2 Å². The number of nitrogens with zero attached hydrogens (tertiary/aromatic N) is 2. The second kappa shape index (κ2) is 8.21. The molecule has 0 saturated heterocycles. The largest absolute Gasteiger partial charge is 0.504 e. The van der Waals surface area contributed by atoms with Gasteiger partial charge in [-0.05, 0) is 50.6 Å². The highest BCUT2D eigenvalue weighted by Gasteiger charge is 2.19. The zero-order valence-electron chi connectivity index (χ0n) is 15.2. The van der Waals surface area contributed by atoms with Crippen molar-refractivity contribution in [3.8, 4) is 17.6 Å². The lowest BCUT2D eigenvalue weighted by molar-refractivity contribution is 0.103. The van der Waals surface area contributed by atoms with E-state index < -0.39 is 0 Å². The first-order valence-electron chi connectivity index (χ1n) is 8.32. The summed E-state index contributed by atoms with van der Waals surface area (Å²) >= 11 is 0. The van der Waals surface area contributed by atoms with Crippen LogP contribution in [-0.2, 0) is 6.54 Å². The first-order chi connectivity index (χ1) is 12.4. The second-order valence-corrected chi connectivity index (χ2v) is 5.84. The molecule has 5 nitrogen and oxygen atoms in total. The van der Waals surface area contributed by atoms with E-state index in [1.807, 2.05) is 31.4 Å². The van der Waals surface area contributed by atoms with Gasteiger partial charge in [0.05, 0.1) is 6.61 Å². The number of phenols is 1. The Morgan fingerprint density at radius 1 is 1.38 bits per heavy atom. The molecule has 0 spiro atoms. The highest BCUT2D eigenvalue weighted by atomic mass is 16.5. The van der Waals surface area contributed by atoms with Crippen LogP contribution in [-0.4, -0.2) is 22.1 Å². The van der Waals surface area contributed by atoms with Gasteiger partial charge in [-0.2, -0.15) is 5.26 Å². The number of hydrogen-bond donors (Lipinski definition) is 1. The molecule has 26 heavy (non-hydrogen) atoms. The first-order valence-corrected chi connectivity index (χ1v) is 8.32. The van der Waals surface area contributed by atoms with E-state index in [0.717, 1.165) is 11.4 Å². The van der Waals surface area contributed by atoms with Crippen molar-refractivity contribution in [1.82, 2.24) is 4.57 Å². The Bertz CT molecular complexity index is 914. The molecule has 0 aliphatic carbocycles. The van der Waals surface area contributed by atoms with Gasteiger partial charge in [0.1, 0.15) is 11.6 Å². The molecule has 0 amide bonds. The smallest absolute Gasteiger partial charge is 0.205 e. The average Bonchev–Trinajstić information content (AvgIpc) is 2.90. The van der Waals surface area contributed by atoms with Crippen molar-refractivity contribution in [3.63, 3.8) is 0 Å². The van der Waals surface area contributed by atoms with Gasteiger partial charge in [-0.25, -0.2) is 0 Å². The van der Waals surface area contributed by atoms with E-state index >= 15 is 0 Å². The molecule has 0 aliphatic rings. The van der Waals surface area contributed by atoms with Crippen LogP contribution in [0.15, 0.2) is 42.5 Å². The summed E-state index contributed by atoms with van der Waals surface area (Å²) in [7, 11) is 0. The molecular weight excluding hydrogens is 328 g/mol. The Morgan fingerprint density at radius 2 is 2.12 bits per heavy atom. The molecule has 0 radical (unpaired) electrons.